The van der Waals surface area contributed by atoms with Gasteiger partial charge in [-0.05, 0) is 25.0 Å². The second-order valence-electron chi connectivity index (χ2n) is 5.35. The maximum atomic E-state index is 12.5. The van der Waals surface area contributed by atoms with Crippen molar-refractivity contribution in [1.29, 1.82) is 0 Å². The van der Waals surface area contributed by atoms with E-state index in [1.54, 1.807) is 18.1 Å². The number of carboxylic acids is 1. The Kier molecular flexibility index (Phi) is 4.71. The number of hydrogen-bond donors (Lipinski definition) is 1. The molecule has 1 aromatic rings. The van der Waals surface area contributed by atoms with E-state index >= 15 is 0 Å². The van der Waals surface area contributed by atoms with Gasteiger partial charge in [-0.3, -0.25) is 14.6 Å². The van der Waals surface area contributed by atoms with Crippen LogP contribution in [0.25, 0.3) is 0 Å². The van der Waals surface area contributed by atoms with Gasteiger partial charge in [0, 0.05) is 13.2 Å². The molecule has 5 heteroatoms. The van der Waals surface area contributed by atoms with Crippen molar-refractivity contribution in [2.24, 2.45) is 11.8 Å². The number of carbonyl (C=O) groups is 2. The van der Waals surface area contributed by atoms with E-state index in [2.05, 4.69) is 4.98 Å². The Hall–Kier alpha value is -1.91. The lowest BCUT2D eigenvalue weighted by Gasteiger charge is -2.30. The summed E-state index contributed by atoms with van der Waals surface area (Å²) >= 11 is 0. The van der Waals surface area contributed by atoms with Gasteiger partial charge >= 0.3 is 5.97 Å². The lowest BCUT2D eigenvalue weighted by atomic mass is 9.78. The molecule has 5 nitrogen and oxygen atoms in total. The van der Waals surface area contributed by atoms with E-state index < -0.39 is 17.8 Å². The average Bonchev–Trinajstić information content (AvgIpc) is 2.47. The zero-order valence-electron chi connectivity index (χ0n) is 11.7. The number of aliphatic carboxylic acids is 1. The van der Waals surface area contributed by atoms with Gasteiger partial charge in [0.15, 0.2) is 0 Å². The van der Waals surface area contributed by atoms with Crippen LogP contribution < -0.4 is 0 Å². The van der Waals surface area contributed by atoms with E-state index in [1.165, 1.54) is 0 Å². The molecule has 1 aliphatic rings. The smallest absolute Gasteiger partial charge is 0.307 e. The number of carbonyl (C=O) groups excluding carboxylic acids is 1. The summed E-state index contributed by atoms with van der Waals surface area (Å²) in [5, 5.41) is 9.25. The van der Waals surface area contributed by atoms with Crippen molar-refractivity contribution in [3.8, 4) is 0 Å². The highest BCUT2D eigenvalue weighted by Crippen LogP contribution is 2.31. The summed E-state index contributed by atoms with van der Waals surface area (Å²) in [5.74, 6) is -1.87. The van der Waals surface area contributed by atoms with Crippen molar-refractivity contribution in [3.05, 3.63) is 30.1 Å². The summed E-state index contributed by atoms with van der Waals surface area (Å²) in [5.41, 5.74) is 0.811. The third-order valence-corrected chi connectivity index (χ3v) is 3.90. The first-order valence-electron chi connectivity index (χ1n) is 6.97. The summed E-state index contributed by atoms with van der Waals surface area (Å²) < 4.78 is 0. The van der Waals surface area contributed by atoms with Crippen LogP contribution in [0.3, 0.4) is 0 Å². The SMILES string of the molecule is CN(Cc1ccccn1)C(=O)C1CCCCC1C(=O)O. The normalized spacial score (nSPS) is 22.2. The van der Waals surface area contributed by atoms with E-state index in [0.29, 0.717) is 19.4 Å². The monoisotopic (exact) mass is 276 g/mol. The molecule has 1 amide bonds. The van der Waals surface area contributed by atoms with Crippen molar-refractivity contribution in [1.82, 2.24) is 9.88 Å². The van der Waals surface area contributed by atoms with Gasteiger partial charge in [0.05, 0.1) is 24.1 Å². The lowest BCUT2D eigenvalue weighted by molar-refractivity contribution is -0.152. The Morgan fingerprint density at radius 1 is 1.30 bits per heavy atom. The van der Waals surface area contributed by atoms with Crippen molar-refractivity contribution in [3.63, 3.8) is 0 Å². The highest BCUT2D eigenvalue weighted by atomic mass is 16.4. The van der Waals surface area contributed by atoms with Gasteiger partial charge in [-0.1, -0.05) is 18.9 Å². The molecule has 1 fully saturated rings. The van der Waals surface area contributed by atoms with Crippen LogP contribution in [0.15, 0.2) is 24.4 Å². The van der Waals surface area contributed by atoms with E-state index in [4.69, 9.17) is 0 Å². The number of hydrogen-bond acceptors (Lipinski definition) is 3. The maximum absolute atomic E-state index is 12.5. The van der Waals surface area contributed by atoms with Gasteiger partial charge in [0.25, 0.3) is 0 Å². The Bertz CT molecular complexity index is 475. The minimum absolute atomic E-state index is 0.0808. The van der Waals surface area contributed by atoms with E-state index in [0.717, 1.165) is 18.5 Å². The van der Waals surface area contributed by atoms with Gasteiger partial charge < -0.3 is 10.0 Å². The summed E-state index contributed by atoms with van der Waals surface area (Å²) in [6.07, 6.45) is 4.78. The molecule has 20 heavy (non-hydrogen) atoms. The Morgan fingerprint density at radius 3 is 2.60 bits per heavy atom. The quantitative estimate of drug-likeness (QED) is 0.912. The molecule has 1 N–H and O–H groups in total. The van der Waals surface area contributed by atoms with Gasteiger partial charge in [-0.25, -0.2) is 0 Å². The van der Waals surface area contributed by atoms with Gasteiger partial charge in [0.2, 0.25) is 5.91 Å². The van der Waals surface area contributed by atoms with Crippen LogP contribution in [0, 0.1) is 11.8 Å². The van der Waals surface area contributed by atoms with Crippen LogP contribution in [0.5, 0.6) is 0 Å². The van der Waals surface area contributed by atoms with Gasteiger partial charge in [-0.15, -0.1) is 0 Å². The molecule has 2 rings (SSSR count). The molecule has 0 radical (unpaired) electrons. The predicted octanol–water partition coefficient (Wildman–Crippen LogP) is 1.93. The lowest BCUT2D eigenvalue weighted by Crippen LogP contribution is -2.40. The van der Waals surface area contributed by atoms with E-state index in [-0.39, 0.29) is 5.91 Å². The summed E-state index contributed by atoms with van der Waals surface area (Å²) in [6.45, 7) is 0.419. The summed E-state index contributed by atoms with van der Waals surface area (Å²) in [6, 6.07) is 5.56. The molecule has 0 aromatic carbocycles. The number of rotatable bonds is 4. The molecule has 0 aliphatic heterocycles. The van der Waals surface area contributed by atoms with Gasteiger partial charge in [-0.2, -0.15) is 0 Å². The van der Waals surface area contributed by atoms with Crippen LogP contribution in [0.1, 0.15) is 31.4 Å². The van der Waals surface area contributed by atoms with Crippen LogP contribution in [-0.4, -0.2) is 33.9 Å². The Labute approximate surface area is 118 Å². The molecule has 0 saturated heterocycles. The first kappa shape index (κ1) is 14.5. The van der Waals surface area contributed by atoms with Crippen LogP contribution in [-0.2, 0) is 16.1 Å². The van der Waals surface area contributed by atoms with Gasteiger partial charge in [0.1, 0.15) is 0 Å². The highest BCUT2D eigenvalue weighted by molar-refractivity contribution is 5.84. The minimum atomic E-state index is -0.853. The van der Waals surface area contributed by atoms with Crippen LogP contribution in [0.4, 0.5) is 0 Å². The molecular formula is C15H20N2O3. The number of aromatic nitrogens is 1. The molecule has 1 saturated carbocycles. The molecule has 0 bridgehead atoms. The molecular weight excluding hydrogens is 256 g/mol. The summed E-state index contributed by atoms with van der Waals surface area (Å²) in [4.78, 5) is 29.5. The Balaban J connectivity index is 2.03. The number of nitrogens with zero attached hydrogens (tertiary/aromatic N) is 2. The summed E-state index contributed by atoms with van der Waals surface area (Å²) in [7, 11) is 1.71. The predicted molar refractivity (Wildman–Crippen MR) is 73.8 cm³/mol. The standard InChI is InChI=1S/C15H20N2O3/c1-17(10-11-6-4-5-9-16-11)14(18)12-7-2-3-8-13(12)15(19)20/h4-6,9,12-13H,2-3,7-8,10H2,1H3,(H,19,20). The molecule has 1 aliphatic carbocycles. The van der Waals surface area contributed by atoms with Crippen LogP contribution >= 0.6 is 0 Å². The highest BCUT2D eigenvalue weighted by Gasteiger charge is 2.37. The zero-order valence-corrected chi connectivity index (χ0v) is 11.7. The first-order chi connectivity index (χ1) is 9.59. The molecule has 108 valence electrons. The third kappa shape index (κ3) is 3.35. The fraction of sp³-hybridized carbons (Fsp3) is 0.533. The van der Waals surface area contributed by atoms with E-state index in [1.807, 2.05) is 18.2 Å². The maximum Gasteiger partial charge on any atom is 0.307 e. The topological polar surface area (TPSA) is 70.5 Å². The number of amides is 1. The number of carboxylic acid groups (broad SMARTS) is 1. The molecule has 0 spiro atoms. The van der Waals surface area contributed by atoms with E-state index in [9.17, 15) is 14.7 Å². The second kappa shape index (κ2) is 6.50. The fourth-order valence-corrected chi connectivity index (χ4v) is 2.82. The largest absolute Gasteiger partial charge is 0.481 e. The number of pyridine rings is 1. The van der Waals surface area contributed by atoms with Crippen molar-refractivity contribution < 1.29 is 14.7 Å². The Morgan fingerprint density at radius 2 is 2.00 bits per heavy atom. The van der Waals surface area contributed by atoms with Crippen molar-refractivity contribution >= 4 is 11.9 Å². The first-order valence-corrected chi connectivity index (χ1v) is 6.97. The minimum Gasteiger partial charge on any atom is -0.481 e. The third-order valence-electron chi connectivity index (χ3n) is 3.90. The average molecular weight is 276 g/mol. The van der Waals surface area contributed by atoms with Crippen LogP contribution in [0.2, 0.25) is 0 Å². The zero-order chi connectivity index (χ0) is 14.5. The second-order valence-corrected chi connectivity index (χ2v) is 5.35. The van der Waals surface area contributed by atoms with Crippen molar-refractivity contribution in [2.75, 3.05) is 7.05 Å². The molecule has 1 aromatic heterocycles. The molecule has 1 heterocycles. The van der Waals surface area contributed by atoms with Crippen molar-refractivity contribution in [2.45, 2.75) is 32.2 Å². The fourth-order valence-electron chi connectivity index (χ4n) is 2.82. The molecule has 2 atom stereocenters. The molecule has 2 unspecified atom stereocenters.